The van der Waals surface area contributed by atoms with Gasteiger partial charge in [-0.3, -0.25) is 9.80 Å². The monoisotopic (exact) mass is 204 g/mol. The summed E-state index contributed by atoms with van der Waals surface area (Å²) in [5.74, 6) is 0.609. The van der Waals surface area contributed by atoms with E-state index in [1.807, 2.05) is 0 Å². The Hall–Kier alpha value is -0.643. The maximum absolute atomic E-state index is 2.44. The van der Waals surface area contributed by atoms with Gasteiger partial charge in [-0.15, -0.1) is 0 Å². The van der Waals surface area contributed by atoms with E-state index in [0.717, 1.165) is 9.52 Å². The number of benzene rings is 1. The first-order valence-corrected chi connectivity index (χ1v) is 6.07. The van der Waals surface area contributed by atoms with Crippen LogP contribution in [0.3, 0.4) is 0 Å². The van der Waals surface area contributed by atoms with E-state index in [0.29, 0.717) is 5.79 Å². The topological polar surface area (TPSA) is 6.48 Å². The van der Waals surface area contributed by atoms with Crippen LogP contribution in [0.25, 0.3) is 0 Å². The zero-order valence-corrected chi connectivity index (χ0v) is 9.77. The minimum Gasteiger partial charge on any atom is -0.293 e. The van der Waals surface area contributed by atoms with Gasteiger partial charge in [-0.25, -0.2) is 0 Å². The van der Waals surface area contributed by atoms with Crippen molar-refractivity contribution in [2.45, 2.75) is 5.79 Å². The quantitative estimate of drug-likeness (QED) is 0.634. The Morgan fingerprint density at radius 3 is 2.21 bits per heavy atom. The molecule has 1 saturated heterocycles. The van der Waals surface area contributed by atoms with Crippen LogP contribution in [0.1, 0.15) is 0 Å². The highest BCUT2D eigenvalue weighted by molar-refractivity contribution is 6.54. The van der Waals surface area contributed by atoms with Gasteiger partial charge in [0.1, 0.15) is 9.52 Å². The molecule has 1 aromatic carbocycles. The van der Waals surface area contributed by atoms with Gasteiger partial charge in [0, 0.05) is 13.1 Å². The number of hydrogen-bond acceptors (Lipinski definition) is 2. The molecule has 2 rings (SSSR count). The molecule has 0 spiro atoms. The first-order chi connectivity index (χ1) is 6.77. The molecule has 2 nitrogen and oxygen atoms in total. The summed E-state index contributed by atoms with van der Waals surface area (Å²) in [7, 11) is 5.30. The molecule has 0 amide bonds. The van der Waals surface area contributed by atoms with Crippen LogP contribution in [-0.2, 0) is 0 Å². The second-order valence-electron chi connectivity index (χ2n) is 3.85. The predicted octanol–water partition coefficient (Wildman–Crippen LogP) is 0.177. The van der Waals surface area contributed by atoms with Crippen LogP contribution in [0.4, 0.5) is 0 Å². The summed E-state index contributed by atoms with van der Waals surface area (Å²) in [4.78, 5) is 4.87. The van der Waals surface area contributed by atoms with E-state index in [2.05, 4.69) is 54.2 Å². The largest absolute Gasteiger partial charge is 0.293 e. The Labute approximate surface area is 88.3 Å². The van der Waals surface area contributed by atoms with Crippen LogP contribution in [-0.4, -0.2) is 52.3 Å². The van der Waals surface area contributed by atoms with Gasteiger partial charge < -0.3 is 0 Å². The summed E-state index contributed by atoms with van der Waals surface area (Å²) in [5, 5.41) is 1.46. The second-order valence-corrected chi connectivity index (χ2v) is 5.23. The Balaban J connectivity index is 2.04. The SMILES string of the molecule is CN1CCN(C)C1[Si]c1ccccc1. The Morgan fingerprint density at radius 2 is 1.64 bits per heavy atom. The number of rotatable bonds is 2. The first-order valence-electron chi connectivity index (χ1n) is 4.99. The van der Waals surface area contributed by atoms with Crippen molar-refractivity contribution in [3.63, 3.8) is 0 Å². The van der Waals surface area contributed by atoms with Crippen LogP contribution < -0.4 is 5.19 Å². The van der Waals surface area contributed by atoms with Gasteiger partial charge in [0.25, 0.3) is 0 Å². The van der Waals surface area contributed by atoms with Crippen molar-refractivity contribution < 1.29 is 0 Å². The smallest absolute Gasteiger partial charge is 0.123 e. The third-order valence-electron chi connectivity index (χ3n) is 2.71. The first kappa shape index (κ1) is 9.89. The van der Waals surface area contributed by atoms with Crippen molar-refractivity contribution in [1.82, 2.24) is 9.80 Å². The molecule has 0 N–H and O–H groups in total. The molecule has 0 bridgehead atoms. The molecule has 0 aliphatic carbocycles. The zero-order chi connectivity index (χ0) is 9.97. The molecule has 0 atom stereocenters. The molecule has 1 heterocycles. The fraction of sp³-hybridized carbons (Fsp3) is 0.455. The summed E-state index contributed by atoms with van der Waals surface area (Å²) in [6.45, 7) is 2.39. The van der Waals surface area contributed by atoms with Crippen LogP contribution in [0, 0.1) is 0 Å². The highest BCUT2D eigenvalue weighted by atomic mass is 28.2. The highest BCUT2D eigenvalue weighted by Crippen LogP contribution is 2.07. The van der Waals surface area contributed by atoms with Crippen molar-refractivity contribution in [3.8, 4) is 0 Å². The Morgan fingerprint density at radius 1 is 1.07 bits per heavy atom. The molecule has 14 heavy (non-hydrogen) atoms. The Kier molecular flexibility index (Phi) is 3.01. The molecule has 0 aromatic heterocycles. The number of likely N-dealkylation sites (N-methyl/N-ethyl adjacent to an activating group) is 2. The number of nitrogens with zero attached hydrogens (tertiary/aromatic N) is 2. The van der Waals surface area contributed by atoms with E-state index in [1.54, 1.807) is 0 Å². The van der Waals surface area contributed by atoms with Crippen molar-refractivity contribution in [1.29, 1.82) is 0 Å². The second kappa shape index (κ2) is 4.25. The predicted molar refractivity (Wildman–Crippen MR) is 60.9 cm³/mol. The van der Waals surface area contributed by atoms with Gasteiger partial charge in [-0.1, -0.05) is 35.5 Å². The van der Waals surface area contributed by atoms with Gasteiger partial charge in [0.2, 0.25) is 0 Å². The Bertz CT molecular complexity index is 279. The molecule has 0 unspecified atom stereocenters. The third-order valence-corrected chi connectivity index (χ3v) is 4.52. The van der Waals surface area contributed by atoms with E-state index in [9.17, 15) is 0 Å². The van der Waals surface area contributed by atoms with Gasteiger partial charge in [-0.2, -0.15) is 0 Å². The van der Waals surface area contributed by atoms with Crippen molar-refractivity contribution >= 4 is 14.7 Å². The minimum absolute atomic E-state index is 0.609. The lowest BCUT2D eigenvalue weighted by Gasteiger charge is -2.24. The fourth-order valence-electron chi connectivity index (χ4n) is 1.80. The normalized spacial score (nSPS) is 20.4. The maximum Gasteiger partial charge on any atom is 0.123 e. The molecule has 1 aliphatic rings. The molecule has 1 aliphatic heterocycles. The molecule has 1 fully saturated rings. The lowest BCUT2D eigenvalue weighted by Crippen LogP contribution is -2.44. The average molecular weight is 204 g/mol. The van der Waals surface area contributed by atoms with E-state index in [1.165, 1.54) is 18.3 Å². The standard InChI is InChI=1S/C11H16N2Si/c1-12-8-9-13(2)11(12)14-10-6-4-3-5-7-10/h3-7,11H,8-9H2,1-2H3. The van der Waals surface area contributed by atoms with Crippen LogP contribution in [0.15, 0.2) is 30.3 Å². The summed E-state index contributed by atoms with van der Waals surface area (Å²) in [5.41, 5.74) is 0. The molecule has 3 heteroatoms. The van der Waals surface area contributed by atoms with Gasteiger partial charge in [-0.05, 0) is 14.1 Å². The minimum atomic E-state index is 0.609. The van der Waals surface area contributed by atoms with E-state index >= 15 is 0 Å². The number of hydrogen-bond donors (Lipinski definition) is 0. The van der Waals surface area contributed by atoms with E-state index < -0.39 is 0 Å². The molecule has 1 aromatic rings. The van der Waals surface area contributed by atoms with E-state index in [-0.39, 0.29) is 0 Å². The van der Waals surface area contributed by atoms with Crippen LogP contribution in [0.5, 0.6) is 0 Å². The lowest BCUT2D eigenvalue weighted by molar-refractivity contribution is 0.269. The zero-order valence-electron chi connectivity index (χ0n) is 8.77. The molecule has 74 valence electrons. The van der Waals surface area contributed by atoms with Crippen LogP contribution in [0.2, 0.25) is 0 Å². The van der Waals surface area contributed by atoms with Crippen molar-refractivity contribution in [3.05, 3.63) is 30.3 Å². The third kappa shape index (κ3) is 2.05. The van der Waals surface area contributed by atoms with Crippen molar-refractivity contribution in [2.24, 2.45) is 0 Å². The fourth-order valence-corrected chi connectivity index (χ4v) is 3.18. The molecular weight excluding hydrogens is 188 g/mol. The van der Waals surface area contributed by atoms with Crippen molar-refractivity contribution in [2.75, 3.05) is 27.2 Å². The summed E-state index contributed by atoms with van der Waals surface area (Å²) < 4.78 is 0. The van der Waals surface area contributed by atoms with Gasteiger partial charge in [0.05, 0.1) is 5.79 Å². The van der Waals surface area contributed by atoms with Gasteiger partial charge >= 0.3 is 0 Å². The van der Waals surface area contributed by atoms with Gasteiger partial charge in [0.15, 0.2) is 0 Å². The van der Waals surface area contributed by atoms with Crippen LogP contribution >= 0.6 is 0 Å². The summed E-state index contributed by atoms with van der Waals surface area (Å²) in [6.07, 6.45) is 0. The molecule has 0 saturated carbocycles. The highest BCUT2D eigenvalue weighted by Gasteiger charge is 2.26. The van der Waals surface area contributed by atoms with E-state index in [4.69, 9.17) is 0 Å². The lowest BCUT2D eigenvalue weighted by atomic mass is 10.4. The summed E-state index contributed by atoms with van der Waals surface area (Å²) >= 11 is 0. The molecular formula is C11H16N2Si. The maximum atomic E-state index is 2.44. The average Bonchev–Trinajstić information content (AvgIpc) is 2.51. The summed E-state index contributed by atoms with van der Waals surface area (Å²) in [6, 6.07) is 10.8. The molecule has 2 radical (unpaired) electrons.